The van der Waals surface area contributed by atoms with Crippen LogP contribution in [0.1, 0.15) is 27.5 Å². The van der Waals surface area contributed by atoms with E-state index in [1.54, 1.807) is 0 Å². The molecule has 0 atom stereocenters. The number of carbonyl (C=O) groups is 1. The third kappa shape index (κ3) is 5.70. The number of halogens is 3. The Morgan fingerprint density at radius 1 is 1.00 bits per heavy atom. The van der Waals surface area contributed by atoms with Crippen molar-refractivity contribution in [1.29, 1.82) is 0 Å². The number of carboxylic acids is 1. The Morgan fingerprint density at radius 3 is 2.03 bits per heavy atom. The van der Waals surface area contributed by atoms with E-state index in [1.807, 2.05) is 48.5 Å². The molecular formula is C24H21Cl2FN2O4S. The molecule has 1 aliphatic heterocycles. The molecule has 0 unspecified atom stereocenters. The number of sulfonamides is 1. The SMILES string of the molecule is O=C(O)c1cc(NS(=O)(=O)CC2CN(C(c3ccc(Cl)cc3)c3ccc(Cl)cc3)C2)ccc1F. The van der Waals surface area contributed by atoms with Gasteiger partial charge in [-0.3, -0.25) is 9.62 Å². The molecule has 6 nitrogen and oxygen atoms in total. The molecule has 0 saturated carbocycles. The zero-order valence-corrected chi connectivity index (χ0v) is 20.1. The van der Waals surface area contributed by atoms with Gasteiger partial charge in [-0.2, -0.15) is 0 Å². The van der Waals surface area contributed by atoms with Crippen molar-refractivity contribution >= 4 is 44.9 Å². The second kappa shape index (κ2) is 9.92. The summed E-state index contributed by atoms with van der Waals surface area (Å²) in [6, 6.07) is 18.1. The molecule has 3 aromatic rings. The molecule has 0 aromatic heterocycles. The topological polar surface area (TPSA) is 86.7 Å². The molecule has 1 aliphatic rings. The molecular weight excluding hydrogens is 502 g/mol. The van der Waals surface area contributed by atoms with E-state index < -0.39 is 27.4 Å². The van der Waals surface area contributed by atoms with Gasteiger partial charge in [0.05, 0.1) is 17.4 Å². The summed E-state index contributed by atoms with van der Waals surface area (Å²) >= 11 is 12.1. The van der Waals surface area contributed by atoms with E-state index in [1.165, 1.54) is 6.07 Å². The number of anilines is 1. The Hall–Kier alpha value is -2.65. The number of carboxylic acid groups (broad SMARTS) is 1. The summed E-state index contributed by atoms with van der Waals surface area (Å²) in [6.07, 6.45) is 0. The van der Waals surface area contributed by atoms with Crippen LogP contribution < -0.4 is 4.72 Å². The fraction of sp³-hybridized carbons (Fsp3) is 0.208. The second-order valence-corrected chi connectivity index (χ2v) is 10.8. The van der Waals surface area contributed by atoms with Gasteiger partial charge in [-0.25, -0.2) is 17.6 Å². The summed E-state index contributed by atoms with van der Waals surface area (Å²) in [6.45, 7) is 1.08. The first-order valence-corrected chi connectivity index (χ1v) is 12.8. The molecule has 3 aromatic carbocycles. The fourth-order valence-corrected chi connectivity index (χ4v) is 5.77. The smallest absolute Gasteiger partial charge is 0.338 e. The summed E-state index contributed by atoms with van der Waals surface area (Å²) in [5.74, 6) is -2.67. The fourth-order valence-electron chi connectivity index (χ4n) is 4.11. The summed E-state index contributed by atoms with van der Waals surface area (Å²) in [4.78, 5) is 13.3. The highest BCUT2D eigenvalue weighted by molar-refractivity contribution is 7.92. The number of aromatic carboxylic acids is 1. The largest absolute Gasteiger partial charge is 0.478 e. The standard InChI is InChI=1S/C24H21Cl2FN2O4S/c25-18-5-1-16(2-6-18)23(17-3-7-19(26)8-4-17)29-12-15(13-29)14-34(32,33)28-20-9-10-22(27)21(11-20)24(30)31/h1-11,15,23,28H,12-14H2,(H,30,31). The predicted octanol–water partition coefficient (Wildman–Crippen LogP) is 5.29. The second-order valence-electron chi connectivity index (χ2n) is 8.21. The normalized spacial score (nSPS) is 14.7. The zero-order chi connectivity index (χ0) is 24.5. The van der Waals surface area contributed by atoms with Crippen molar-refractivity contribution in [2.24, 2.45) is 5.92 Å². The Balaban J connectivity index is 1.45. The molecule has 0 spiro atoms. The first kappa shape index (κ1) is 24.5. The molecule has 0 radical (unpaired) electrons. The van der Waals surface area contributed by atoms with E-state index in [0.717, 1.165) is 23.3 Å². The predicted molar refractivity (Wildman–Crippen MR) is 131 cm³/mol. The molecule has 10 heteroatoms. The monoisotopic (exact) mass is 522 g/mol. The summed E-state index contributed by atoms with van der Waals surface area (Å²) < 4.78 is 41.3. The van der Waals surface area contributed by atoms with Crippen molar-refractivity contribution in [3.63, 3.8) is 0 Å². The number of likely N-dealkylation sites (tertiary alicyclic amines) is 1. The van der Waals surface area contributed by atoms with E-state index in [2.05, 4.69) is 9.62 Å². The molecule has 4 rings (SSSR count). The highest BCUT2D eigenvalue weighted by atomic mass is 35.5. The Bertz CT molecular complexity index is 1250. The summed E-state index contributed by atoms with van der Waals surface area (Å²) in [5.41, 5.74) is 1.47. The third-order valence-electron chi connectivity index (χ3n) is 5.65. The highest BCUT2D eigenvalue weighted by Crippen LogP contribution is 2.36. The summed E-state index contributed by atoms with van der Waals surface area (Å²) in [5, 5.41) is 10.3. The lowest BCUT2D eigenvalue weighted by molar-refractivity contribution is 0.0692. The lowest BCUT2D eigenvalue weighted by Gasteiger charge is -2.44. The average Bonchev–Trinajstić information content (AvgIpc) is 2.75. The van der Waals surface area contributed by atoms with Crippen LogP contribution in [0.25, 0.3) is 0 Å². The maximum absolute atomic E-state index is 13.6. The highest BCUT2D eigenvalue weighted by Gasteiger charge is 2.36. The van der Waals surface area contributed by atoms with Crippen molar-refractivity contribution in [3.05, 3.63) is 99.3 Å². The summed E-state index contributed by atoms with van der Waals surface area (Å²) in [7, 11) is -3.77. The minimum atomic E-state index is -3.77. The number of rotatable bonds is 8. The van der Waals surface area contributed by atoms with Gasteiger partial charge in [0, 0.05) is 34.7 Å². The number of benzene rings is 3. The molecule has 1 fully saturated rings. The first-order chi connectivity index (χ1) is 16.1. The van der Waals surface area contributed by atoms with E-state index in [9.17, 15) is 17.6 Å². The van der Waals surface area contributed by atoms with Gasteiger partial charge < -0.3 is 5.11 Å². The number of hydrogen-bond donors (Lipinski definition) is 2. The molecule has 2 N–H and O–H groups in total. The van der Waals surface area contributed by atoms with Gasteiger partial charge in [-0.05, 0) is 53.6 Å². The number of nitrogens with one attached hydrogen (secondary N) is 1. The Labute approximate surface area is 207 Å². The van der Waals surface area contributed by atoms with E-state index >= 15 is 0 Å². The maximum atomic E-state index is 13.6. The van der Waals surface area contributed by atoms with Gasteiger partial charge in [0.1, 0.15) is 5.82 Å². The quantitative estimate of drug-likeness (QED) is 0.419. The maximum Gasteiger partial charge on any atom is 0.338 e. The first-order valence-electron chi connectivity index (χ1n) is 10.4. The van der Waals surface area contributed by atoms with Gasteiger partial charge in [0.2, 0.25) is 10.0 Å². The Kier molecular flexibility index (Phi) is 7.14. The van der Waals surface area contributed by atoms with Crippen LogP contribution in [0, 0.1) is 11.7 Å². The van der Waals surface area contributed by atoms with Crippen LogP contribution in [-0.4, -0.2) is 43.2 Å². The van der Waals surface area contributed by atoms with Crippen LogP contribution in [0.15, 0.2) is 66.7 Å². The van der Waals surface area contributed by atoms with Crippen molar-refractivity contribution in [3.8, 4) is 0 Å². The molecule has 1 saturated heterocycles. The third-order valence-corrected chi connectivity index (χ3v) is 7.61. The van der Waals surface area contributed by atoms with Crippen LogP contribution in [0.2, 0.25) is 10.0 Å². The molecule has 0 amide bonds. The van der Waals surface area contributed by atoms with E-state index in [0.29, 0.717) is 23.1 Å². The molecule has 0 aliphatic carbocycles. The minimum Gasteiger partial charge on any atom is -0.478 e. The van der Waals surface area contributed by atoms with Gasteiger partial charge in [-0.1, -0.05) is 47.5 Å². The minimum absolute atomic E-state index is 0.00943. The van der Waals surface area contributed by atoms with Gasteiger partial charge in [0.25, 0.3) is 0 Å². The van der Waals surface area contributed by atoms with Crippen molar-refractivity contribution in [2.45, 2.75) is 6.04 Å². The van der Waals surface area contributed by atoms with Crippen LogP contribution in [0.3, 0.4) is 0 Å². The molecule has 0 bridgehead atoms. The van der Waals surface area contributed by atoms with E-state index in [-0.39, 0.29) is 23.4 Å². The Morgan fingerprint density at radius 2 is 1.53 bits per heavy atom. The van der Waals surface area contributed by atoms with Crippen LogP contribution >= 0.6 is 23.2 Å². The van der Waals surface area contributed by atoms with Gasteiger partial charge in [0.15, 0.2) is 0 Å². The lowest BCUT2D eigenvalue weighted by atomic mass is 9.91. The average molecular weight is 523 g/mol. The molecule has 178 valence electrons. The number of hydrogen-bond acceptors (Lipinski definition) is 4. The lowest BCUT2D eigenvalue weighted by Crippen LogP contribution is -2.51. The van der Waals surface area contributed by atoms with Crippen molar-refractivity contribution in [1.82, 2.24) is 4.90 Å². The number of nitrogens with zero attached hydrogens (tertiary/aromatic N) is 1. The van der Waals surface area contributed by atoms with Crippen molar-refractivity contribution < 1.29 is 22.7 Å². The van der Waals surface area contributed by atoms with Crippen LogP contribution in [0.5, 0.6) is 0 Å². The van der Waals surface area contributed by atoms with Gasteiger partial charge >= 0.3 is 5.97 Å². The zero-order valence-electron chi connectivity index (χ0n) is 17.8. The van der Waals surface area contributed by atoms with Crippen LogP contribution in [-0.2, 0) is 10.0 Å². The van der Waals surface area contributed by atoms with E-state index in [4.69, 9.17) is 28.3 Å². The van der Waals surface area contributed by atoms with Crippen LogP contribution in [0.4, 0.5) is 10.1 Å². The molecule has 1 heterocycles. The van der Waals surface area contributed by atoms with Crippen molar-refractivity contribution in [2.75, 3.05) is 23.6 Å². The van der Waals surface area contributed by atoms with Gasteiger partial charge in [-0.15, -0.1) is 0 Å². The molecule has 34 heavy (non-hydrogen) atoms.